The van der Waals surface area contributed by atoms with E-state index in [4.69, 9.17) is 0 Å². The van der Waals surface area contributed by atoms with Gasteiger partial charge in [0.25, 0.3) is 0 Å². The Labute approximate surface area is 176 Å². The van der Waals surface area contributed by atoms with Crippen molar-refractivity contribution in [3.05, 3.63) is 28.7 Å². The Bertz CT molecular complexity index is 1030. The SMILES string of the molecule is CC(C)N(C)C1CCN(c2ccc3c(c2)n(C)c(=O)n3C2CCC(=O)NC2=O)CC1. The third-order valence-corrected chi connectivity index (χ3v) is 6.81. The average molecular weight is 414 g/mol. The Hall–Kier alpha value is -2.61. The summed E-state index contributed by atoms with van der Waals surface area (Å²) < 4.78 is 3.13. The van der Waals surface area contributed by atoms with E-state index in [0.29, 0.717) is 18.5 Å². The summed E-state index contributed by atoms with van der Waals surface area (Å²) in [5, 5.41) is 2.35. The van der Waals surface area contributed by atoms with Crippen molar-refractivity contribution in [3.63, 3.8) is 0 Å². The predicted octanol–water partition coefficient (Wildman–Crippen LogP) is 1.63. The summed E-state index contributed by atoms with van der Waals surface area (Å²) >= 11 is 0. The van der Waals surface area contributed by atoms with Gasteiger partial charge in [0.1, 0.15) is 6.04 Å². The van der Waals surface area contributed by atoms with Gasteiger partial charge in [-0.25, -0.2) is 4.79 Å². The molecule has 2 aliphatic heterocycles. The molecule has 0 spiro atoms. The fourth-order valence-electron chi connectivity index (χ4n) is 4.73. The molecule has 2 saturated heterocycles. The summed E-state index contributed by atoms with van der Waals surface area (Å²) in [6, 6.07) is 6.51. The number of anilines is 1. The van der Waals surface area contributed by atoms with Gasteiger partial charge in [-0.15, -0.1) is 0 Å². The molecule has 0 bridgehead atoms. The van der Waals surface area contributed by atoms with Crippen LogP contribution in [0, 0.1) is 0 Å². The number of imide groups is 1. The summed E-state index contributed by atoms with van der Waals surface area (Å²) in [6.07, 6.45) is 2.82. The van der Waals surface area contributed by atoms with Crippen LogP contribution in [0.25, 0.3) is 11.0 Å². The quantitative estimate of drug-likeness (QED) is 0.771. The molecule has 4 rings (SSSR count). The first-order chi connectivity index (χ1) is 14.3. The monoisotopic (exact) mass is 413 g/mol. The molecule has 30 heavy (non-hydrogen) atoms. The first kappa shape index (κ1) is 20.7. The van der Waals surface area contributed by atoms with Gasteiger partial charge in [0.05, 0.1) is 11.0 Å². The molecule has 2 aliphatic rings. The van der Waals surface area contributed by atoms with Gasteiger partial charge in [0.15, 0.2) is 0 Å². The fourth-order valence-corrected chi connectivity index (χ4v) is 4.73. The van der Waals surface area contributed by atoms with Crippen molar-refractivity contribution in [2.24, 2.45) is 7.05 Å². The van der Waals surface area contributed by atoms with Gasteiger partial charge < -0.3 is 9.80 Å². The number of nitrogens with zero attached hydrogens (tertiary/aromatic N) is 4. The second-order valence-corrected chi connectivity index (χ2v) is 8.83. The maximum absolute atomic E-state index is 12.9. The molecule has 0 saturated carbocycles. The fraction of sp³-hybridized carbons (Fsp3) is 0.591. The van der Waals surface area contributed by atoms with E-state index in [1.165, 1.54) is 4.57 Å². The highest BCUT2D eigenvalue weighted by Gasteiger charge is 2.31. The lowest BCUT2D eigenvalue weighted by Crippen LogP contribution is -2.45. The average Bonchev–Trinajstić information content (AvgIpc) is 2.98. The van der Waals surface area contributed by atoms with Crippen LogP contribution in [0.5, 0.6) is 0 Å². The van der Waals surface area contributed by atoms with Gasteiger partial charge in [0.2, 0.25) is 11.8 Å². The number of benzene rings is 1. The number of hydrogen-bond acceptors (Lipinski definition) is 5. The molecular formula is C22H31N5O3. The van der Waals surface area contributed by atoms with Crippen molar-refractivity contribution in [1.82, 2.24) is 19.4 Å². The van der Waals surface area contributed by atoms with Crippen LogP contribution in [0.1, 0.15) is 45.6 Å². The number of hydrogen-bond donors (Lipinski definition) is 1. The normalized spacial score (nSPS) is 21.1. The van der Waals surface area contributed by atoms with Gasteiger partial charge in [-0.3, -0.25) is 24.0 Å². The molecule has 3 heterocycles. The zero-order valence-electron chi connectivity index (χ0n) is 18.2. The van der Waals surface area contributed by atoms with Crippen LogP contribution in [-0.4, -0.2) is 58.1 Å². The van der Waals surface area contributed by atoms with Crippen LogP contribution < -0.4 is 15.9 Å². The molecule has 1 N–H and O–H groups in total. The Morgan fingerprint density at radius 3 is 2.40 bits per heavy atom. The van der Waals surface area contributed by atoms with Crippen molar-refractivity contribution < 1.29 is 9.59 Å². The number of imidazole rings is 1. The molecule has 8 heteroatoms. The first-order valence-corrected chi connectivity index (χ1v) is 10.8. The van der Waals surface area contributed by atoms with Crippen molar-refractivity contribution in [2.45, 2.75) is 57.7 Å². The predicted molar refractivity (Wildman–Crippen MR) is 117 cm³/mol. The van der Waals surface area contributed by atoms with E-state index in [0.717, 1.165) is 42.7 Å². The summed E-state index contributed by atoms with van der Waals surface area (Å²) in [5.74, 6) is -0.681. The third kappa shape index (κ3) is 3.53. The topological polar surface area (TPSA) is 79.6 Å². The number of carbonyl (C=O) groups is 2. The van der Waals surface area contributed by atoms with E-state index in [9.17, 15) is 14.4 Å². The van der Waals surface area contributed by atoms with Crippen LogP contribution in [0.15, 0.2) is 23.0 Å². The molecule has 1 atom stereocenters. The smallest absolute Gasteiger partial charge is 0.329 e. The Morgan fingerprint density at radius 2 is 1.77 bits per heavy atom. The van der Waals surface area contributed by atoms with E-state index < -0.39 is 11.9 Å². The minimum atomic E-state index is -0.646. The van der Waals surface area contributed by atoms with E-state index in [2.05, 4.69) is 36.0 Å². The summed E-state index contributed by atoms with van der Waals surface area (Å²) in [4.78, 5) is 41.6. The highest BCUT2D eigenvalue weighted by Crippen LogP contribution is 2.28. The largest absolute Gasteiger partial charge is 0.371 e. The molecule has 162 valence electrons. The second-order valence-electron chi connectivity index (χ2n) is 8.83. The molecule has 2 amide bonds. The molecule has 1 aromatic heterocycles. The standard InChI is InChI=1S/C22H31N5O3/c1-14(2)24(3)15-9-11-26(12-10-15)16-5-6-17-19(13-16)25(4)22(30)27(17)18-7-8-20(28)23-21(18)29/h5-6,13-15,18H,7-12H2,1-4H3,(H,23,28,29). The van der Waals surface area contributed by atoms with E-state index in [-0.39, 0.29) is 18.0 Å². The highest BCUT2D eigenvalue weighted by molar-refractivity contribution is 6.00. The van der Waals surface area contributed by atoms with E-state index in [1.807, 2.05) is 18.2 Å². The number of nitrogens with one attached hydrogen (secondary N) is 1. The van der Waals surface area contributed by atoms with E-state index >= 15 is 0 Å². The number of amides is 2. The van der Waals surface area contributed by atoms with Gasteiger partial charge in [-0.1, -0.05) is 0 Å². The van der Waals surface area contributed by atoms with Crippen molar-refractivity contribution in [2.75, 3.05) is 25.0 Å². The van der Waals surface area contributed by atoms with Gasteiger partial charge >= 0.3 is 5.69 Å². The van der Waals surface area contributed by atoms with Gasteiger partial charge in [-0.05, 0) is 58.4 Å². The molecule has 0 aliphatic carbocycles. The first-order valence-electron chi connectivity index (χ1n) is 10.8. The van der Waals surface area contributed by atoms with Crippen molar-refractivity contribution in [1.29, 1.82) is 0 Å². The lowest BCUT2D eigenvalue weighted by atomic mass is 10.0. The van der Waals surface area contributed by atoms with Crippen LogP contribution in [0.2, 0.25) is 0 Å². The molecule has 2 aromatic rings. The van der Waals surface area contributed by atoms with Gasteiger partial charge in [-0.2, -0.15) is 0 Å². The molecule has 0 radical (unpaired) electrons. The van der Waals surface area contributed by atoms with E-state index in [1.54, 1.807) is 11.6 Å². The van der Waals surface area contributed by atoms with Crippen LogP contribution in [0.3, 0.4) is 0 Å². The molecule has 8 nitrogen and oxygen atoms in total. The summed E-state index contributed by atoms with van der Waals surface area (Å²) in [7, 11) is 3.94. The maximum atomic E-state index is 12.9. The highest BCUT2D eigenvalue weighted by atomic mass is 16.2. The zero-order valence-corrected chi connectivity index (χ0v) is 18.2. The lowest BCUT2D eigenvalue weighted by molar-refractivity contribution is -0.135. The number of rotatable bonds is 4. The number of carbonyl (C=O) groups excluding carboxylic acids is 2. The van der Waals surface area contributed by atoms with Gasteiger partial charge in [0, 0.05) is 44.3 Å². The second kappa shape index (κ2) is 7.91. The Morgan fingerprint density at radius 1 is 1.07 bits per heavy atom. The molecule has 1 aromatic carbocycles. The molecule has 2 fully saturated rings. The Balaban J connectivity index is 1.60. The number of fused-ring (bicyclic) bond motifs is 1. The molecular weight excluding hydrogens is 382 g/mol. The van der Waals surface area contributed by atoms with Crippen molar-refractivity contribution in [3.8, 4) is 0 Å². The third-order valence-electron chi connectivity index (χ3n) is 6.81. The van der Waals surface area contributed by atoms with Crippen LogP contribution in [-0.2, 0) is 16.6 Å². The zero-order chi connectivity index (χ0) is 21.6. The Kier molecular flexibility index (Phi) is 5.44. The van der Waals surface area contributed by atoms with Crippen LogP contribution >= 0.6 is 0 Å². The summed E-state index contributed by atoms with van der Waals surface area (Å²) in [6.45, 7) is 6.42. The molecule has 1 unspecified atom stereocenters. The number of aryl methyl sites for hydroxylation is 1. The number of aromatic nitrogens is 2. The minimum absolute atomic E-state index is 0.228. The van der Waals surface area contributed by atoms with Crippen molar-refractivity contribution >= 4 is 28.5 Å². The number of piperidine rings is 2. The minimum Gasteiger partial charge on any atom is -0.371 e. The lowest BCUT2D eigenvalue weighted by Gasteiger charge is -2.39. The summed E-state index contributed by atoms with van der Waals surface area (Å²) in [5.41, 5.74) is 2.41. The van der Waals surface area contributed by atoms with Crippen LogP contribution in [0.4, 0.5) is 5.69 Å². The maximum Gasteiger partial charge on any atom is 0.329 e.